The zero-order chi connectivity index (χ0) is 13.0. The van der Waals surface area contributed by atoms with Gasteiger partial charge in [0.25, 0.3) is 5.69 Å². The van der Waals surface area contributed by atoms with Crippen LogP contribution in [0.5, 0.6) is 0 Å². The summed E-state index contributed by atoms with van der Waals surface area (Å²) in [6, 6.07) is 4.56. The molecule has 1 unspecified atom stereocenters. The van der Waals surface area contributed by atoms with Crippen molar-refractivity contribution in [2.45, 2.75) is 13.0 Å². The van der Waals surface area contributed by atoms with E-state index >= 15 is 0 Å². The second-order valence-electron chi connectivity index (χ2n) is 4.39. The van der Waals surface area contributed by atoms with Crippen LogP contribution in [0.2, 0.25) is 5.02 Å². The maximum absolute atomic E-state index is 10.7. The normalized spacial score (nSPS) is 19.1. The standard InChI is InChI=1S/C12H15ClN2O2S/c13-12-2-1-11(15(16)17)5-10(12)7-14-6-9-3-4-18-8-9/h1-2,5,9,14H,3-4,6-8H2. The third kappa shape index (κ3) is 3.60. The van der Waals surface area contributed by atoms with Gasteiger partial charge in [-0.2, -0.15) is 11.8 Å². The van der Waals surface area contributed by atoms with Gasteiger partial charge in [-0.1, -0.05) is 11.6 Å². The van der Waals surface area contributed by atoms with Crippen molar-refractivity contribution in [3.63, 3.8) is 0 Å². The van der Waals surface area contributed by atoms with Gasteiger partial charge in [-0.3, -0.25) is 10.1 Å². The molecule has 2 rings (SSSR count). The Hall–Kier alpha value is -0.780. The van der Waals surface area contributed by atoms with E-state index < -0.39 is 4.92 Å². The first-order chi connectivity index (χ1) is 8.66. The fourth-order valence-electron chi connectivity index (χ4n) is 1.97. The van der Waals surface area contributed by atoms with Crippen LogP contribution in [0.15, 0.2) is 18.2 Å². The van der Waals surface area contributed by atoms with Crippen LogP contribution < -0.4 is 5.32 Å². The number of hydrogen-bond donors (Lipinski definition) is 1. The minimum Gasteiger partial charge on any atom is -0.312 e. The second-order valence-corrected chi connectivity index (χ2v) is 5.95. The summed E-state index contributed by atoms with van der Waals surface area (Å²) in [5.41, 5.74) is 0.879. The number of halogens is 1. The van der Waals surface area contributed by atoms with Crippen molar-refractivity contribution in [3.05, 3.63) is 38.9 Å². The molecule has 1 aromatic rings. The predicted octanol–water partition coefficient (Wildman–Crippen LogP) is 3.09. The lowest BCUT2D eigenvalue weighted by atomic mass is 10.1. The van der Waals surface area contributed by atoms with E-state index in [2.05, 4.69) is 5.32 Å². The molecule has 18 heavy (non-hydrogen) atoms. The Labute approximate surface area is 115 Å². The molecule has 0 radical (unpaired) electrons. The Balaban J connectivity index is 1.91. The largest absolute Gasteiger partial charge is 0.312 e. The summed E-state index contributed by atoms with van der Waals surface area (Å²) in [5, 5.41) is 14.6. The van der Waals surface area contributed by atoms with Crippen LogP contribution in [-0.4, -0.2) is 23.0 Å². The molecule has 4 nitrogen and oxygen atoms in total. The SMILES string of the molecule is O=[N+]([O-])c1ccc(Cl)c(CNCC2CCSC2)c1. The van der Waals surface area contributed by atoms with Crippen molar-refractivity contribution in [3.8, 4) is 0 Å². The number of nitrogens with zero attached hydrogens (tertiary/aromatic N) is 1. The Bertz CT molecular complexity index is 436. The molecule has 1 aromatic carbocycles. The summed E-state index contributed by atoms with van der Waals surface area (Å²) in [6.07, 6.45) is 1.25. The first kappa shape index (κ1) is 13.6. The third-order valence-corrected chi connectivity index (χ3v) is 4.61. The van der Waals surface area contributed by atoms with Gasteiger partial charge in [0.1, 0.15) is 0 Å². The zero-order valence-corrected chi connectivity index (χ0v) is 11.5. The van der Waals surface area contributed by atoms with Crippen molar-refractivity contribution in [2.24, 2.45) is 5.92 Å². The van der Waals surface area contributed by atoms with Gasteiger partial charge in [0.05, 0.1) is 4.92 Å². The molecule has 1 fully saturated rings. The van der Waals surface area contributed by atoms with Gasteiger partial charge in [0.2, 0.25) is 0 Å². The van der Waals surface area contributed by atoms with E-state index in [1.54, 1.807) is 12.1 Å². The van der Waals surface area contributed by atoms with Gasteiger partial charge in [0.15, 0.2) is 0 Å². The summed E-state index contributed by atoms with van der Waals surface area (Å²) in [7, 11) is 0. The molecule has 1 atom stereocenters. The Kier molecular flexibility index (Phi) is 4.86. The lowest BCUT2D eigenvalue weighted by Gasteiger charge is -2.10. The highest BCUT2D eigenvalue weighted by Crippen LogP contribution is 2.24. The number of hydrogen-bond acceptors (Lipinski definition) is 4. The molecule has 0 aromatic heterocycles. The predicted molar refractivity (Wildman–Crippen MR) is 75.2 cm³/mol. The summed E-state index contributed by atoms with van der Waals surface area (Å²) < 4.78 is 0. The van der Waals surface area contributed by atoms with Gasteiger partial charge in [-0.05, 0) is 42.0 Å². The van der Waals surface area contributed by atoms with Gasteiger partial charge in [-0.15, -0.1) is 0 Å². The molecule has 98 valence electrons. The van der Waals surface area contributed by atoms with Crippen molar-refractivity contribution in [1.82, 2.24) is 5.32 Å². The molecular formula is C12H15ClN2O2S. The summed E-state index contributed by atoms with van der Waals surface area (Å²) >= 11 is 8.01. The highest BCUT2D eigenvalue weighted by molar-refractivity contribution is 7.99. The lowest BCUT2D eigenvalue weighted by molar-refractivity contribution is -0.384. The Morgan fingerprint density at radius 1 is 1.56 bits per heavy atom. The molecule has 1 aliphatic heterocycles. The number of nitro groups is 1. The van der Waals surface area contributed by atoms with Crippen LogP contribution in [0.4, 0.5) is 5.69 Å². The molecular weight excluding hydrogens is 272 g/mol. The zero-order valence-electron chi connectivity index (χ0n) is 9.89. The quantitative estimate of drug-likeness (QED) is 0.667. The van der Waals surface area contributed by atoms with E-state index in [-0.39, 0.29) is 5.69 Å². The average Bonchev–Trinajstić information content (AvgIpc) is 2.84. The van der Waals surface area contributed by atoms with Crippen LogP contribution in [0, 0.1) is 16.0 Å². The minimum atomic E-state index is -0.395. The van der Waals surface area contributed by atoms with E-state index in [0.717, 1.165) is 12.1 Å². The van der Waals surface area contributed by atoms with E-state index in [1.807, 2.05) is 11.8 Å². The molecule has 0 amide bonds. The topological polar surface area (TPSA) is 55.2 Å². The molecule has 0 bridgehead atoms. The Morgan fingerprint density at radius 2 is 2.39 bits per heavy atom. The van der Waals surface area contributed by atoms with Crippen LogP contribution in [0.1, 0.15) is 12.0 Å². The van der Waals surface area contributed by atoms with E-state index in [1.165, 1.54) is 24.0 Å². The van der Waals surface area contributed by atoms with Crippen molar-refractivity contribution >= 4 is 29.1 Å². The maximum atomic E-state index is 10.7. The van der Waals surface area contributed by atoms with Crippen molar-refractivity contribution in [2.75, 3.05) is 18.1 Å². The molecule has 1 N–H and O–H groups in total. The summed E-state index contributed by atoms with van der Waals surface area (Å²) in [5.74, 6) is 3.16. The fraction of sp³-hybridized carbons (Fsp3) is 0.500. The number of thioether (sulfide) groups is 1. The first-order valence-electron chi connectivity index (χ1n) is 5.88. The molecule has 0 saturated carbocycles. The molecule has 1 aliphatic rings. The minimum absolute atomic E-state index is 0.0904. The van der Waals surface area contributed by atoms with Gasteiger partial charge in [0, 0.05) is 23.7 Å². The van der Waals surface area contributed by atoms with Crippen LogP contribution in [0.3, 0.4) is 0 Å². The van der Waals surface area contributed by atoms with Crippen LogP contribution in [0.25, 0.3) is 0 Å². The maximum Gasteiger partial charge on any atom is 0.269 e. The number of benzene rings is 1. The van der Waals surface area contributed by atoms with Crippen LogP contribution >= 0.6 is 23.4 Å². The highest BCUT2D eigenvalue weighted by Gasteiger charge is 2.15. The van der Waals surface area contributed by atoms with E-state index in [4.69, 9.17) is 11.6 Å². The number of rotatable bonds is 5. The Morgan fingerprint density at radius 3 is 3.06 bits per heavy atom. The van der Waals surface area contributed by atoms with Gasteiger partial charge >= 0.3 is 0 Å². The summed E-state index contributed by atoms with van der Waals surface area (Å²) in [6.45, 7) is 1.54. The molecule has 6 heteroatoms. The molecule has 1 saturated heterocycles. The molecule has 0 spiro atoms. The monoisotopic (exact) mass is 286 g/mol. The number of non-ortho nitro benzene ring substituents is 1. The van der Waals surface area contributed by atoms with Gasteiger partial charge in [-0.25, -0.2) is 0 Å². The summed E-state index contributed by atoms with van der Waals surface area (Å²) in [4.78, 5) is 10.3. The highest BCUT2D eigenvalue weighted by atomic mass is 35.5. The third-order valence-electron chi connectivity index (χ3n) is 3.01. The first-order valence-corrected chi connectivity index (χ1v) is 7.41. The van der Waals surface area contributed by atoms with Crippen LogP contribution in [-0.2, 0) is 6.54 Å². The van der Waals surface area contributed by atoms with E-state index in [0.29, 0.717) is 17.5 Å². The molecule has 1 heterocycles. The lowest BCUT2D eigenvalue weighted by Crippen LogP contribution is -2.22. The smallest absolute Gasteiger partial charge is 0.269 e. The fourth-order valence-corrected chi connectivity index (χ4v) is 3.43. The number of nitrogens with one attached hydrogen (secondary N) is 1. The van der Waals surface area contributed by atoms with Crippen molar-refractivity contribution < 1.29 is 4.92 Å². The van der Waals surface area contributed by atoms with Gasteiger partial charge < -0.3 is 5.32 Å². The van der Waals surface area contributed by atoms with E-state index in [9.17, 15) is 10.1 Å². The average molecular weight is 287 g/mol. The number of nitro benzene ring substituents is 1. The second kappa shape index (κ2) is 6.41. The molecule has 0 aliphatic carbocycles. The van der Waals surface area contributed by atoms with Crippen molar-refractivity contribution in [1.29, 1.82) is 0 Å².